The van der Waals surface area contributed by atoms with E-state index >= 15 is 0 Å². The minimum atomic E-state index is -3.47. The van der Waals surface area contributed by atoms with Crippen LogP contribution in [0.25, 0.3) is 0 Å². The smallest absolute Gasteiger partial charge is 0.243 e. The molecule has 2 aromatic rings. The van der Waals surface area contributed by atoms with E-state index in [0.29, 0.717) is 18.8 Å². The Morgan fingerprint density at radius 1 is 1.24 bits per heavy atom. The predicted octanol–water partition coefficient (Wildman–Crippen LogP) is 1.49. The summed E-state index contributed by atoms with van der Waals surface area (Å²) in [5.41, 5.74) is 6.17. The molecule has 6 nitrogen and oxygen atoms in total. The lowest BCUT2D eigenvalue weighted by Crippen LogP contribution is -2.40. The summed E-state index contributed by atoms with van der Waals surface area (Å²) < 4.78 is 28.7. The Morgan fingerprint density at radius 3 is 2.67 bits per heavy atom. The molecule has 3 rings (SSSR count). The van der Waals surface area contributed by atoms with Crippen molar-refractivity contribution in [2.75, 3.05) is 18.8 Å². The number of anilines is 1. The maximum Gasteiger partial charge on any atom is 0.243 e. The van der Waals surface area contributed by atoms with Crippen LogP contribution in [0.5, 0.6) is 0 Å². The van der Waals surface area contributed by atoms with Gasteiger partial charge in [-0.05, 0) is 43.2 Å². The minimum Gasteiger partial charge on any atom is -0.399 e. The SMILES string of the molecule is Nc1ccc(S(=O)(=O)N2CCC[C@@H](n3cccn3)C2)cc1. The molecule has 0 bridgehead atoms. The predicted molar refractivity (Wildman–Crippen MR) is 80.1 cm³/mol. The Morgan fingerprint density at radius 2 is 2.00 bits per heavy atom. The molecule has 2 N–H and O–H groups in total. The van der Waals surface area contributed by atoms with E-state index in [1.165, 1.54) is 4.31 Å². The van der Waals surface area contributed by atoms with Crippen molar-refractivity contribution in [3.63, 3.8) is 0 Å². The summed E-state index contributed by atoms with van der Waals surface area (Å²) in [4.78, 5) is 0.290. The lowest BCUT2D eigenvalue weighted by molar-refractivity contribution is 0.254. The second-order valence-electron chi connectivity index (χ2n) is 5.21. The third-order valence-electron chi connectivity index (χ3n) is 3.78. The van der Waals surface area contributed by atoms with Gasteiger partial charge in [-0.25, -0.2) is 8.42 Å². The summed E-state index contributed by atoms with van der Waals surface area (Å²) in [6.45, 7) is 0.999. The Kier molecular flexibility index (Phi) is 3.69. The normalized spacial score (nSPS) is 20.5. The molecule has 0 spiro atoms. The number of nitrogen functional groups attached to an aromatic ring is 1. The summed E-state index contributed by atoms with van der Waals surface area (Å²) in [5.74, 6) is 0. The van der Waals surface area contributed by atoms with Crippen LogP contribution < -0.4 is 5.73 Å². The maximum atomic E-state index is 12.7. The van der Waals surface area contributed by atoms with Crippen LogP contribution in [0, 0.1) is 0 Å². The molecule has 7 heteroatoms. The molecule has 21 heavy (non-hydrogen) atoms. The van der Waals surface area contributed by atoms with Crippen LogP contribution in [0.1, 0.15) is 18.9 Å². The van der Waals surface area contributed by atoms with Crippen molar-refractivity contribution in [1.82, 2.24) is 14.1 Å². The van der Waals surface area contributed by atoms with Gasteiger partial charge in [-0.15, -0.1) is 0 Å². The number of rotatable bonds is 3. The number of nitrogens with two attached hydrogens (primary N) is 1. The van der Waals surface area contributed by atoms with E-state index in [-0.39, 0.29) is 10.9 Å². The van der Waals surface area contributed by atoms with E-state index in [1.54, 1.807) is 30.5 Å². The van der Waals surface area contributed by atoms with Gasteiger partial charge in [0.15, 0.2) is 0 Å². The quantitative estimate of drug-likeness (QED) is 0.871. The van der Waals surface area contributed by atoms with Crippen molar-refractivity contribution in [1.29, 1.82) is 0 Å². The number of hydrogen-bond acceptors (Lipinski definition) is 4. The van der Waals surface area contributed by atoms with Crippen molar-refractivity contribution in [2.24, 2.45) is 0 Å². The zero-order chi connectivity index (χ0) is 14.9. The lowest BCUT2D eigenvalue weighted by atomic mass is 10.1. The molecule has 1 aromatic heterocycles. The number of sulfonamides is 1. The van der Waals surface area contributed by atoms with Gasteiger partial charge in [0.2, 0.25) is 10.0 Å². The maximum absolute atomic E-state index is 12.7. The lowest BCUT2D eigenvalue weighted by Gasteiger charge is -2.32. The van der Waals surface area contributed by atoms with Crippen molar-refractivity contribution in [3.05, 3.63) is 42.7 Å². The minimum absolute atomic E-state index is 0.0947. The van der Waals surface area contributed by atoms with Crippen LogP contribution in [0.15, 0.2) is 47.6 Å². The molecule has 1 aromatic carbocycles. The fraction of sp³-hybridized carbons (Fsp3) is 0.357. The first-order valence-electron chi connectivity index (χ1n) is 6.92. The van der Waals surface area contributed by atoms with Crippen LogP contribution in [-0.2, 0) is 10.0 Å². The van der Waals surface area contributed by atoms with E-state index in [1.807, 2.05) is 16.9 Å². The first-order chi connectivity index (χ1) is 10.1. The average molecular weight is 306 g/mol. The van der Waals surface area contributed by atoms with E-state index in [9.17, 15) is 8.42 Å². The van der Waals surface area contributed by atoms with Crippen LogP contribution in [0.2, 0.25) is 0 Å². The fourth-order valence-electron chi connectivity index (χ4n) is 2.64. The van der Waals surface area contributed by atoms with Crippen LogP contribution >= 0.6 is 0 Å². The Bertz CT molecular complexity index is 695. The van der Waals surface area contributed by atoms with Crippen molar-refractivity contribution < 1.29 is 8.42 Å². The highest BCUT2D eigenvalue weighted by Crippen LogP contribution is 2.26. The first-order valence-corrected chi connectivity index (χ1v) is 8.36. The van der Waals surface area contributed by atoms with Crippen LogP contribution in [0.4, 0.5) is 5.69 Å². The highest BCUT2D eigenvalue weighted by Gasteiger charge is 2.31. The molecule has 1 aliphatic rings. The summed E-state index contributed by atoms with van der Waals surface area (Å²) in [5, 5.41) is 4.22. The van der Waals surface area contributed by atoms with Gasteiger partial charge in [-0.3, -0.25) is 4.68 Å². The molecule has 112 valence electrons. The fourth-order valence-corrected chi connectivity index (χ4v) is 4.16. The van der Waals surface area contributed by atoms with E-state index < -0.39 is 10.0 Å². The molecule has 1 atom stereocenters. The molecule has 0 unspecified atom stereocenters. The molecule has 0 aliphatic carbocycles. The molecular formula is C14H18N4O2S. The van der Waals surface area contributed by atoms with Crippen molar-refractivity contribution in [3.8, 4) is 0 Å². The van der Waals surface area contributed by atoms with Crippen molar-refractivity contribution in [2.45, 2.75) is 23.8 Å². The molecule has 0 radical (unpaired) electrons. The Labute approximate surface area is 124 Å². The van der Waals surface area contributed by atoms with Gasteiger partial charge < -0.3 is 5.73 Å². The van der Waals surface area contributed by atoms with Gasteiger partial charge in [0.1, 0.15) is 0 Å². The summed E-state index contributed by atoms with van der Waals surface area (Å²) in [7, 11) is -3.47. The number of aromatic nitrogens is 2. The number of benzene rings is 1. The monoisotopic (exact) mass is 306 g/mol. The van der Waals surface area contributed by atoms with Gasteiger partial charge in [0.25, 0.3) is 0 Å². The Balaban J connectivity index is 1.83. The highest BCUT2D eigenvalue weighted by molar-refractivity contribution is 7.89. The van der Waals surface area contributed by atoms with Gasteiger partial charge >= 0.3 is 0 Å². The van der Waals surface area contributed by atoms with E-state index in [0.717, 1.165) is 12.8 Å². The summed E-state index contributed by atoms with van der Waals surface area (Å²) in [6, 6.07) is 8.29. The van der Waals surface area contributed by atoms with E-state index in [2.05, 4.69) is 5.10 Å². The van der Waals surface area contributed by atoms with Gasteiger partial charge in [-0.1, -0.05) is 0 Å². The van der Waals surface area contributed by atoms with Gasteiger partial charge in [-0.2, -0.15) is 9.40 Å². The highest BCUT2D eigenvalue weighted by atomic mass is 32.2. The van der Waals surface area contributed by atoms with Gasteiger partial charge in [0.05, 0.1) is 10.9 Å². The molecule has 1 saturated heterocycles. The van der Waals surface area contributed by atoms with Crippen LogP contribution in [-0.4, -0.2) is 35.6 Å². The zero-order valence-electron chi connectivity index (χ0n) is 11.6. The first kappa shape index (κ1) is 14.1. The van der Waals surface area contributed by atoms with E-state index in [4.69, 9.17) is 5.73 Å². The topological polar surface area (TPSA) is 81.2 Å². The molecule has 1 fully saturated rings. The third-order valence-corrected chi connectivity index (χ3v) is 5.66. The second kappa shape index (κ2) is 5.50. The third kappa shape index (κ3) is 2.79. The van der Waals surface area contributed by atoms with Crippen molar-refractivity contribution >= 4 is 15.7 Å². The Hall–Kier alpha value is -1.86. The summed E-state index contributed by atoms with van der Waals surface area (Å²) >= 11 is 0. The standard InChI is InChI=1S/C14H18N4O2S/c15-12-4-6-14(7-5-12)21(19,20)17-9-1-3-13(11-17)18-10-2-8-16-18/h2,4-8,10,13H,1,3,9,11,15H2/t13-/m1/s1. The number of piperidine rings is 1. The molecule has 1 aliphatic heterocycles. The number of nitrogens with zero attached hydrogens (tertiary/aromatic N) is 3. The molecule has 0 amide bonds. The largest absolute Gasteiger partial charge is 0.399 e. The molecule has 0 saturated carbocycles. The second-order valence-corrected chi connectivity index (χ2v) is 7.15. The zero-order valence-corrected chi connectivity index (χ0v) is 12.4. The molecular weight excluding hydrogens is 288 g/mol. The number of hydrogen-bond donors (Lipinski definition) is 1. The average Bonchev–Trinajstić information content (AvgIpc) is 3.02. The van der Waals surface area contributed by atoms with Crippen LogP contribution in [0.3, 0.4) is 0 Å². The van der Waals surface area contributed by atoms with Gasteiger partial charge in [0, 0.05) is 31.2 Å². The summed E-state index contributed by atoms with van der Waals surface area (Å²) in [6.07, 6.45) is 5.37. The molecule has 2 heterocycles.